The van der Waals surface area contributed by atoms with Crippen LogP contribution in [0.2, 0.25) is 0 Å². The Labute approximate surface area is 125 Å². The highest BCUT2D eigenvalue weighted by Crippen LogP contribution is 2.52. The normalized spacial score (nSPS) is 36.8. The molecule has 0 radical (unpaired) electrons. The average Bonchev–Trinajstić information content (AvgIpc) is 3.01. The molecule has 0 amide bonds. The van der Waals surface area contributed by atoms with Gasteiger partial charge in [-0.3, -0.25) is 0 Å². The summed E-state index contributed by atoms with van der Waals surface area (Å²) in [6.07, 6.45) is 6.70. The summed E-state index contributed by atoms with van der Waals surface area (Å²) in [7, 11) is 0. The number of fused-ring (bicyclic) bond motifs is 2. The van der Waals surface area contributed by atoms with E-state index in [1.807, 2.05) is 0 Å². The van der Waals surface area contributed by atoms with Crippen LogP contribution in [0.4, 0.5) is 0 Å². The van der Waals surface area contributed by atoms with Gasteiger partial charge in [0.1, 0.15) is 6.79 Å². The van der Waals surface area contributed by atoms with Crippen LogP contribution in [-0.4, -0.2) is 19.5 Å². The van der Waals surface area contributed by atoms with Gasteiger partial charge in [-0.05, 0) is 61.2 Å². The zero-order chi connectivity index (χ0) is 14.8. The molecule has 5 atom stereocenters. The van der Waals surface area contributed by atoms with E-state index in [1.165, 1.54) is 32.1 Å². The van der Waals surface area contributed by atoms with Gasteiger partial charge in [0.15, 0.2) is 0 Å². The lowest BCUT2D eigenvalue weighted by molar-refractivity contribution is -0.131. The van der Waals surface area contributed by atoms with Crippen molar-refractivity contribution in [2.45, 2.75) is 72.8 Å². The molecule has 0 heterocycles. The van der Waals surface area contributed by atoms with Crippen LogP contribution in [0.3, 0.4) is 0 Å². The molecule has 118 valence electrons. The summed E-state index contributed by atoms with van der Waals surface area (Å²) in [4.78, 5) is 0. The number of hydrogen-bond acceptors (Lipinski definition) is 2. The SMILES string of the molecule is CCC(CC)(CC)COCOC1CC2CC1C(C)C2C. The molecule has 0 aliphatic heterocycles. The molecule has 0 aromatic heterocycles. The van der Waals surface area contributed by atoms with E-state index in [0.29, 0.717) is 18.3 Å². The minimum absolute atomic E-state index is 0.361. The van der Waals surface area contributed by atoms with E-state index in [2.05, 4.69) is 34.6 Å². The maximum Gasteiger partial charge on any atom is 0.147 e. The Hall–Kier alpha value is -0.0800. The number of hydrogen-bond donors (Lipinski definition) is 0. The Balaban J connectivity index is 1.70. The maximum atomic E-state index is 6.06. The summed E-state index contributed by atoms with van der Waals surface area (Å²) in [5.74, 6) is 3.42. The van der Waals surface area contributed by atoms with Crippen LogP contribution < -0.4 is 0 Å². The lowest BCUT2D eigenvalue weighted by Crippen LogP contribution is -2.32. The minimum Gasteiger partial charge on any atom is -0.355 e. The van der Waals surface area contributed by atoms with E-state index in [9.17, 15) is 0 Å². The Kier molecular flexibility index (Phi) is 5.53. The van der Waals surface area contributed by atoms with Crippen molar-refractivity contribution in [1.82, 2.24) is 0 Å². The van der Waals surface area contributed by atoms with Crippen molar-refractivity contribution in [2.24, 2.45) is 29.1 Å². The second-order valence-corrected chi connectivity index (χ2v) is 7.35. The number of ether oxygens (including phenoxy) is 2. The average molecular weight is 282 g/mol. The monoisotopic (exact) mass is 282 g/mol. The van der Waals surface area contributed by atoms with E-state index in [4.69, 9.17) is 9.47 Å². The molecular formula is C18H34O2. The van der Waals surface area contributed by atoms with Gasteiger partial charge in [-0.15, -0.1) is 0 Å². The van der Waals surface area contributed by atoms with Gasteiger partial charge in [-0.2, -0.15) is 0 Å². The standard InChI is InChI=1S/C18H34O2/c1-6-18(7-2,8-3)11-19-12-20-17-10-15-9-16(17)14(5)13(15)4/h13-17H,6-12H2,1-5H3. The van der Waals surface area contributed by atoms with Gasteiger partial charge < -0.3 is 9.47 Å². The molecule has 0 saturated heterocycles. The van der Waals surface area contributed by atoms with E-state index in [1.54, 1.807) is 0 Å². The molecule has 5 unspecified atom stereocenters. The summed E-state index contributed by atoms with van der Waals surface area (Å²) >= 11 is 0. The lowest BCUT2D eigenvalue weighted by atomic mass is 9.80. The van der Waals surface area contributed by atoms with E-state index < -0.39 is 0 Å². The maximum absolute atomic E-state index is 6.06. The van der Waals surface area contributed by atoms with Gasteiger partial charge >= 0.3 is 0 Å². The van der Waals surface area contributed by atoms with E-state index in [-0.39, 0.29) is 0 Å². The van der Waals surface area contributed by atoms with Crippen molar-refractivity contribution in [3.8, 4) is 0 Å². The lowest BCUT2D eigenvalue weighted by Gasteiger charge is -2.33. The molecule has 2 aliphatic rings. The number of rotatable bonds is 8. The molecule has 2 saturated carbocycles. The molecule has 2 heteroatoms. The second kappa shape index (κ2) is 6.79. The van der Waals surface area contributed by atoms with Crippen molar-refractivity contribution in [1.29, 1.82) is 0 Å². The fraction of sp³-hybridized carbons (Fsp3) is 1.00. The molecule has 2 fully saturated rings. The van der Waals surface area contributed by atoms with Crippen LogP contribution in [0.15, 0.2) is 0 Å². The fourth-order valence-electron chi connectivity index (χ4n) is 4.51. The summed E-state index contributed by atoms with van der Waals surface area (Å²) in [5, 5.41) is 0. The molecule has 0 N–H and O–H groups in total. The first-order valence-corrected chi connectivity index (χ1v) is 8.76. The van der Waals surface area contributed by atoms with Crippen molar-refractivity contribution in [2.75, 3.05) is 13.4 Å². The summed E-state index contributed by atoms with van der Waals surface area (Å²) < 4.78 is 11.9. The van der Waals surface area contributed by atoms with Gasteiger partial charge in [-0.1, -0.05) is 34.6 Å². The molecule has 0 spiro atoms. The first-order chi connectivity index (χ1) is 9.56. The molecule has 2 bridgehead atoms. The van der Waals surface area contributed by atoms with Crippen LogP contribution in [0, 0.1) is 29.1 Å². The molecule has 2 nitrogen and oxygen atoms in total. The van der Waals surface area contributed by atoms with Gasteiger partial charge in [-0.25, -0.2) is 0 Å². The van der Waals surface area contributed by atoms with Gasteiger partial charge in [0.25, 0.3) is 0 Å². The summed E-state index contributed by atoms with van der Waals surface area (Å²) in [5.41, 5.74) is 0.361. The van der Waals surface area contributed by atoms with Gasteiger partial charge in [0.05, 0.1) is 12.7 Å². The van der Waals surface area contributed by atoms with Crippen molar-refractivity contribution >= 4 is 0 Å². The fourth-order valence-corrected chi connectivity index (χ4v) is 4.51. The minimum atomic E-state index is 0.361. The van der Waals surface area contributed by atoms with Crippen LogP contribution in [0.5, 0.6) is 0 Å². The molecule has 20 heavy (non-hydrogen) atoms. The summed E-state index contributed by atoms with van der Waals surface area (Å²) in [6.45, 7) is 13.0. The molecule has 0 aromatic carbocycles. The third-order valence-corrected chi connectivity index (χ3v) is 6.86. The summed E-state index contributed by atoms with van der Waals surface area (Å²) in [6, 6.07) is 0. The molecule has 2 aliphatic carbocycles. The smallest absolute Gasteiger partial charge is 0.147 e. The zero-order valence-electron chi connectivity index (χ0n) is 14.2. The van der Waals surface area contributed by atoms with Gasteiger partial charge in [0, 0.05) is 0 Å². The van der Waals surface area contributed by atoms with Crippen molar-refractivity contribution in [3.63, 3.8) is 0 Å². The van der Waals surface area contributed by atoms with Crippen molar-refractivity contribution in [3.05, 3.63) is 0 Å². The van der Waals surface area contributed by atoms with Crippen LogP contribution >= 0.6 is 0 Å². The third kappa shape index (κ3) is 3.06. The topological polar surface area (TPSA) is 18.5 Å². The Bertz CT molecular complexity index is 288. The van der Waals surface area contributed by atoms with E-state index >= 15 is 0 Å². The Morgan fingerprint density at radius 2 is 1.60 bits per heavy atom. The highest BCUT2D eigenvalue weighted by atomic mass is 16.7. The van der Waals surface area contributed by atoms with E-state index in [0.717, 1.165) is 30.3 Å². The first-order valence-electron chi connectivity index (χ1n) is 8.76. The molecule has 0 aromatic rings. The Morgan fingerprint density at radius 3 is 2.10 bits per heavy atom. The Morgan fingerprint density at radius 1 is 0.950 bits per heavy atom. The quantitative estimate of drug-likeness (QED) is 0.467. The van der Waals surface area contributed by atoms with Crippen molar-refractivity contribution < 1.29 is 9.47 Å². The third-order valence-electron chi connectivity index (χ3n) is 6.86. The predicted octanol–water partition coefficient (Wildman–Crippen LogP) is 4.87. The van der Waals surface area contributed by atoms with Crippen LogP contribution in [-0.2, 0) is 9.47 Å². The highest BCUT2D eigenvalue weighted by Gasteiger charge is 2.49. The van der Waals surface area contributed by atoms with Crippen LogP contribution in [0.1, 0.15) is 66.7 Å². The predicted molar refractivity (Wildman–Crippen MR) is 83.5 cm³/mol. The highest BCUT2D eigenvalue weighted by molar-refractivity contribution is 4.98. The largest absolute Gasteiger partial charge is 0.355 e. The second-order valence-electron chi connectivity index (χ2n) is 7.35. The van der Waals surface area contributed by atoms with Gasteiger partial charge in [0.2, 0.25) is 0 Å². The first kappa shape index (κ1) is 16.3. The molecule has 2 rings (SSSR count). The van der Waals surface area contributed by atoms with Crippen LogP contribution in [0.25, 0.3) is 0 Å². The zero-order valence-corrected chi connectivity index (χ0v) is 14.2. The molecular weight excluding hydrogens is 248 g/mol.